The molecule has 0 aliphatic rings. The molecule has 6 heteroatoms. The first kappa shape index (κ1) is 17.0. The molecule has 5 nitrogen and oxygen atoms in total. The van der Waals surface area contributed by atoms with Gasteiger partial charge in [0.1, 0.15) is 17.4 Å². The zero-order valence-corrected chi connectivity index (χ0v) is 14.5. The lowest BCUT2D eigenvalue weighted by atomic mass is 10.2. The van der Waals surface area contributed by atoms with E-state index in [1.54, 1.807) is 0 Å². The summed E-state index contributed by atoms with van der Waals surface area (Å²) < 4.78 is 0. The molecule has 126 valence electrons. The molecule has 2 aromatic carbocycles. The molecule has 0 amide bonds. The van der Waals surface area contributed by atoms with E-state index in [-0.39, 0.29) is 17.9 Å². The number of nitriles is 1. The van der Waals surface area contributed by atoms with Gasteiger partial charge in [-0.1, -0.05) is 35.9 Å². The van der Waals surface area contributed by atoms with Gasteiger partial charge in [-0.25, -0.2) is 4.98 Å². The van der Waals surface area contributed by atoms with E-state index in [2.05, 4.69) is 9.97 Å². The Morgan fingerprint density at radius 2 is 2.08 bits per heavy atom. The number of aromatic nitrogens is 2. The first-order valence-corrected chi connectivity index (χ1v) is 8.15. The molecule has 1 heterocycles. The van der Waals surface area contributed by atoms with E-state index in [0.29, 0.717) is 17.4 Å². The minimum atomic E-state index is -0.0221. The monoisotopic (exact) mass is 352 g/mol. The molecular weight excluding hydrogens is 336 g/mol. The van der Waals surface area contributed by atoms with Crippen LogP contribution in [0.1, 0.15) is 11.4 Å². The van der Waals surface area contributed by atoms with E-state index in [9.17, 15) is 10.4 Å². The zero-order valence-electron chi connectivity index (χ0n) is 13.7. The second kappa shape index (κ2) is 7.39. The van der Waals surface area contributed by atoms with Gasteiger partial charge in [0, 0.05) is 11.6 Å². The average molecular weight is 353 g/mol. The number of H-pyrrole nitrogens is 1. The minimum absolute atomic E-state index is 0.0221. The van der Waals surface area contributed by atoms with Crippen LogP contribution in [0, 0.1) is 11.3 Å². The summed E-state index contributed by atoms with van der Waals surface area (Å²) >= 11 is 5.99. The maximum Gasteiger partial charge on any atom is 0.152 e. The molecule has 2 N–H and O–H groups in total. The molecule has 0 radical (unpaired) electrons. The SMILES string of the molecule is CN(C/C(O)=C(\C#N)c1nc2ccccc2[nH]1)Cc1cccc(Cl)c1. The van der Waals surface area contributed by atoms with E-state index in [0.717, 1.165) is 16.6 Å². The lowest BCUT2D eigenvalue weighted by Crippen LogP contribution is -2.21. The smallest absolute Gasteiger partial charge is 0.152 e. The van der Waals surface area contributed by atoms with Crippen molar-refractivity contribution in [3.05, 3.63) is 70.7 Å². The Balaban J connectivity index is 1.80. The molecule has 25 heavy (non-hydrogen) atoms. The van der Waals surface area contributed by atoms with Crippen molar-refractivity contribution in [1.29, 1.82) is 5.26 Å². The molecule has 3 aromatic rings. The number of nitrogens with zero attached hydrogens (tertiary/aromatic N) is 3. The van der Waals surface area contributed by atoms with Crippen molar-refractivity contribution in [2.75, 3.05) is 13.6 Å². The number of hydrogen-bond donors (Lipinski definition) is 2. The average Bonchev–Trinajstić information content (AvgIpc) is 2.98. The van der Waals surface area contributed by atoms with Gasteiger partial charge < -0.3 is 10.1 Å². The number of hydrogen-bond acceptors (Lipinski definition) is 4. The Labute approximate surface area is 150 Å². The highest BCUT2D eigenvalue weighted by molar-refractivity contribution is 6.30. The third-order valence-corrected chi connectivity index (χ3v) is 4.02. The first-order valence-electron chi connectivity index (χ1n) is 7.77. The number of rotatable bonds is 5. The van der Waals surface area contributed by atoms with Crippen molar-refractivity contribution in [2.45, 2.75) is 6.54 Å². The van der Waals surface area contributed by atoms with Crippen LogP contribution in [0.25, 0.3) is 16.6 Å². The highest BCUT2D eigenvalue weighted by Gasteiger charge is 2.14. The predicted octanol–water partition coefficient (Wildman–Crippen LogP) is 4.14. The third-order valence-electron chi connectivity index (χ3n) is 3.79. The summed E-state index contributed by atoms with van der Waals surface area (Å²) in [5.74, 6) is 0.350. The number of fused-ring (bicyclic) bond motifs is 1. The first-order chi connectivity index (χ1) is 12.1. The van der Waals surface area contributed by atoms with Gasteiger partial charge in [-0.3, -0.25) is 4.90 Å². The summed E-state index contributed by atoms with van der Waals surface area (Å²) in [5, 5.41) is 20.5. The number of likely N-dealkylation sites (N-methyl/N-ethyl adjacent to an activating group) is 1. The number of benzene rings is 2. The summed E-state index contributed by atoms with van der Waals surface area (Å²) in [6.45, 7) is 0.829. The number of aliphatic hydroxyl groups is 1. The van der Waals surface area contributed by atoms with E-state index < -0.39 is 0 Å². The van der Waals surface area contributed by atoms with Crippen LogP contribution < -0.4 is 0 Å². The van der Waals surface area contributed by atoms with Crippen LogP contribution in [-0.2, 0) is 6.54 Å². The number of nitrogens with one attached hydrogen (secondary N) is 1. The Morgan fingerprint density at radius 1 is 1.28 bits per heavy atom. The lowest BCUT2D eigenvalue weighted by molar-refractivity contribution is 0.286. The maximum absolute atomic E-state index is 10.4. The Kier molecular flexibility index (Phi) is 5.03. The van der Waals surface area contributed by atoms with Crippen LogP contribution in [0.3, 0.4) is 0 Å². The van der Waals surface area contributed by atoms with Crippen molar-refractivity contribution in [2.24, 2.45) is 0 Å². The molecule has 1 aromatic heterocycles. The van der Waals surface area contributed by atoms with Gasteiger partial charge in [-0.2, -0.15) is 5.26 Å². The summed E-state index contributed by atoms with van der Waals surface area (Å²) in [7, 11) is 1.87. The van der Waals surface area contributed by atoms with Gasteiger partial charge in [-0.05, 0) is 36.9 Å². The Hall–Kier alpha value is -2.81. The van der Waals surface area contributed by atoms with Gasteiger partial charge in [-0.15, -0.1) is 0 Å². The van der Waals surface area contributed by atoms with Gasteiger partial charge in [0.05, 0.1) is 17.6 Å². The normalized spacial score (nSPS) is 12.2. The van der Waals surface area contributed by atoms with Gasteiger partial charge in [0.15, 0.2) is 5.82 Å². The van der Waals surface area contributed by atoms with E-state index in [1.165, 1.54) is 0 Å². The van der Waals surface area contributed by atoms with Crippen molar-refractivity contribution < 1.29 is 5.11 Å². The fraction of sp³-hybridized carbons (Fsp3) is 0.158. The van der Waals surface area contributed by atoms with E-state index in [1.807, 2.05) is 66.5 Å². The van der Waals surface area contributed by atoms with Gasteiger partial charge >= 0.3 is 0 Å². The third kappa shape index (κ3) is 4.00. The van der Waals surface area contributed by atoms with Crippen molar-refractivity contribution in [1.82, 2.24) is 14.9 Å². The second-order valence-corrected chi connectivity index (χ2v) is 6.27. The van der Waals surface area contributed by atoms with Crippen LogP contribution in [0.4, 0.5) is 0 Å². The summed E-state index contributed by atoms with van der Waals surface area (Å²) in [6, 6.07) is 17.1. The molecule has 3 rings (SSSR count). The van der Waals surface area contributed by atoms with E-state index >= 15 is 0 Å². The fourth-order valence-electron chi connectivity index (χ4n) is 2.66. The Morgan fingerprint density at radius 3 is 2.80 bits per heavy atom. The number of para-hydroxylation sites is 2. The molecule has 0 fully saturated rings. The van der Waals surface area contributed by atoms with Crippen LogP contribution in [0.5, 0.6) is 0 Å². The van der Waals surface area contributed by atoms with Gasteiger partial charge in [0.25, 0.3) is 0 Å². The molecule has 0 atom stereocenters. The number of aromatic amines is 1. The van der Waals surface area contributed by atoms with Crippen LogP contribution in [0.2, 0.25) is 5.02 Å². The highest BCUT2D eigenvalue weighted by atomic mass is 35.5. The van der Waals surface area contributed by atoms with Crippen LogP contribution in [-0.4, -0.2) is 33.6 Å². The Bertz CT molecular complexity index is 938. The summed E-state index contributed by atoms with van der Waals surface area (Å²) in [4.78, 5) is 9.35. The predicted molar refractivity (Wildman–Crippen MR) is 99.0 cm³/mol. The molecular formula is C19H17ClN4O. The fourth-order valence-corrected chi connectivity index (χ4v) is 2.88. The summed E-state index contributed by atoms with van der Waals surface area (Å²) in [5.41, 5.74) is 2.76. The number of imidazole rings is 1. The molecule has 0 saturated heterocycles. The van der Waals surface area contributed by atoms with Gasteiger partial charge in [0.2, 0.25) is 0 Å². The zero-order chi connectivity index (χ0) is 17.8. The number of aliphatic hydroxyl groups excluding tert-OH is 1. The minimum Gasteiger partial charge on any atom is -0.509 e. The second-order valence-electron chi connectivity index (χ2n) is 5.84. The summed E-state index contributed by atoms with van der Waals surface area (Å²) in [6.07, 6.45) is 0. The molecule has 0 aliphatic heterocycles. The van der Waals surface area contributed by atoms with E-state index in [4.69, 9.17) is 11.6 Å². The molecule has 0 spiro atoms. The van der Waals surface area contributed by atoms with Crippen molar-refractivity contribution in [3.63, 3.8) is 0 Å². The highest BCUT2D eigenvalue weighted by Crippen LogP contribution is 2.19. The maximum atomic E-state index is 10.4. The standard InChI is InChI=1S/C19H17ClN4O/c1-24(11-13-5-4-6-14(20)9-13)12-18(25)15(10-21)19-22-16-7-2-3-8-17(16)23-19/h2-9,25H,11-12H2,1H3,(H,22,23)/b18-15-. The number of halogens is 1. The lowest BCUT2D eigenvalue weighted by Gasteiger charge is -2.16. The van der Waals surface area contributed by atoms with Crippen molar-refractivity contribution >= 4 is 28.2 Å². The molecule has 0 saturated carbocycles. The topological polar surface area (TPSA) is 75.9 Å². The molecule has 0 bridgehead atoms. The van der Waals surface area contributed by atoms with Crippen molar-refractivity contribution in [3.8, 4) is 6.07 Å². The number of allylic oxidation sites excluding steroid dienone is 1. The largest absolute Gasteiger partial charge is 0.509 e. The van der Waals surface area contributed by atoms with Crippen LogP contribution >= 0.6 is 11.6 Å². The molecule has 0 unspecified atom stereocenters. The van der Waals surface area contributed by atoms with Crippen LogP contribution in [0.15, 0.2) is 54.3 Å². The molecule has 0 aliphatic carbocycles. The quantitative estimate of drug-likeness (QED) is 0.534.